The first-order valence-electron chi connectivity index (χ1n) is 8.60. The zero-order chi connectivity index (χ0) is 13.8. The summed E-state index contributed by atoms with van der Waals surface area (Å²) in [5.41, 5.74) is 0. The van der Waals surface area contributed by atoms with E-state index in [1.54, 1.807) is 0 Å². The third-order valence-electron chi connectivity index (χ3n) is 5.84. The minimum absolute atomic E-state index is 0.723. The van der Waals surface area contributed by atoms with Gasteiger partial charge in [-0.1, -0.05) is 26.7 Å². The molecule has 112 valence electrons. The molecule has 2 rings (SSSR count). The Bertz CT molecular complexity index is 266. The third kappa shape index (κ3) is 3.52. The van der Waals surface area contributed by atoms with Crippen molar-refractivity contribution >= 4 is 0 Å². The SMILES string of the molecule is CCCC1CCC(NC)C(N2CCCC(C)C2C)C1. The smallest absolute Gasteiger partial charge is 0.0254 e. The molecule has 5 unspecified atom stereocenters. The zero-order valence-corrected chi connectivity index (χ0v) is 13.5. The third-order valence-corrected chi connectivity index (χ3v) is 5.84. The van der Waals surface area contributed by atoms with Crippen LogP contribution in [-0.2, 0) is 0 Å². The standard InChI is InChI=1S/C17H34N2/c1-5-7-15-9-10-16(18-4)17(12-15)19-11-6-8-13(2)14(19)3/h13-18H,5-12H2,1-4H3. The topological polar surface area (TPSA) is 15.3 Å². The van der Waals surface area contributed by atoms with E-state index in [0.29, 0.717) is 0 Å². The molecule has 2 nitrogen and oxygen atoms in total. The number of likely N-dealkylation sites (tertiary alicyclic amines) is 1. The molecule has 0 amide bonds. The fourth-order valence-corrected chi connectivity index (χ4v) is 4.44. The molecule has 1 saturated heterocycles. The summed E-state index contributed by atoms with van der Waals surface area (Å²) in [6.07, 6.45) is 9.86. The maximum atomic E-state index is 3.61. The first kappa shape index (κ1) is 15.3. The van der Waals surface area contributed by atoms with E-state index in [-0.39, 0.29) is 0 Å². The number of nitrogens with zero attached hydrogens (tertiary/aromatic N) is 1. The highest BCUT2D eigenvalue weighted by molar-refractivity contribution is 4.94. The molecular weight excluding hydrogens is 232 g/mol. The highest BCUT2D eigenvalue weighted by Crippen LogP contribution is 2.35. The van der Waals surface area contributed by atoms with Gasteiger partial charge in [0.25, 0.3) is 0 Å². The van der Waals surface area contributed by atoms with Gasteiger partial charge < -0.3 is 5.32 Å². The summed E-state index contributed by atoms with van der Waals surface area (Å²) in [6, 6.07) is 2.28. The van der Waals surface area contributed by atoms with E-state index >= 15 is 0 Å². The molecule has 1 aliphatic heterocycles. The van der Waals surface area contributed by atoms with Crippen LogP contribution in [-0.4, -0.2) is 36.6 Å². The van der Waals surface area contributed by atoms with Crippen molar-refractivity contribution < 1.29 is 0 Å². The molecule has 0 aromatic heterocycles. The normalized spacial score (nSPS) is 41.4. The molecule has 1 heterocycles. The van der Waals surface area contributed by atoms with Crippen molar-refractivity contribution in [1.29, 1.82) is 0 Å². The van der Waals surface area contributed by atoms with Crippen LogP contribution >= 0.6 is 0 Å². The van der Waals surface area contributed by atoms with Gasteiger partial charge >= 0.3 is 0 Å². The lowest BCUT2D eigenvalue weighted by molar-refractivity contribution is 0.0211. The maximum Gasteiger partial charge on any atom is 0.0254 e. The Morgan fingerprint density at radius 3 is 2.63 bits per heavy atom. The highest BCUT2D eigenvalue weighted by Gasteiger charge is 2.37. The molecule has 1 N–H and O–H groups in total. The Morgan fingerprint density at radius 1 is 1.16 bits per heavy atom. The summed E-state index contributed by atoms with van der Waals surface area (Å²) in [4.78, 5) is 2.84. The van der Waals surface area contributed by atoms with Crippen LogP contribution in [0.25, 0.3) is 0 Å². The number of hydrogen-bond acceptors (Lipinski definition) is 2. The number of nitrogens with one attached hydrogen (secondary N) is 1. The molecule has 0 bridgehead atoms. The second kappa shape index (κ2) is 7.08. The van der Waals surface area contributed by atoms with Crippen molar-refractivity contribution in [2.24, 2.45) is 11.8 Å². The largest absolute Gasteiger partial charge is 0.315 e. The number of piperidine rings is 1. The molecule has 19 heavy (non-hydrogen) atoms. The first-order valence-corrected chi connectivity index (χ1v) is 8.60. The molecule has 1 aliphatic carbocycles. The highest BCUT2D eigenvalue weighted by atomic mass is 15.2. The Morgan fingerprint density at radius 2 is 1.95 bits per heavy atom. The van der Waals surface area contributed by atoms with Crippen molar-refractivity contribution in [3.05, 3.63) is 0 Å². The van der Waals surface area contributed by atoms with Crippen LogP contribution in [0.15, 0.2) is 0 Å². The van der Waals surface area contributed by atoms with Crippen molar-refractivity contribution in [1.82, 2.24) is 10.2 Å². The van der Waals surface area contributed by atoms with Gasteiger partial charge in [0.15, 0.2) is 0 Å². The summed E-state index contributed by atoms with van der Waals surface area (Å²) < 4.78 is 0. The summed E-state index contributed by atoms with van der Waals surface area (Å²) in [5.74, 6) is 1.85. The molecule has 1 saturated carbocycles. The summed E-state index contributed by atoms with van der Waals surface area (Å²) in [6.45, 7) is 8.56. The lowest BCUT2D eigenvalue weighted by Gasteiger charge is -2.49. The van der Waals surface area contributed by atoms with E-state index in [9.17, 15) is 0 Å². The van der Waals surface area contributed by atoms with Crippen LogP contribution in [0.2, 0.25) is 0 Å². The van der Waals surface area contributed by atoms with Crippen LogP contribution in [0.1, 0.15) is 65.7 Å². The number of hydrogen-bond donors (Lipinski definition) is 1. The average molecular weight is 266 g/mol. The summed E-state index contributed by atoms with van der Waals surface area (Å²) in [5, 5.41) is 3.61. The molecule has 2 heteroatoms. The second-order valence-corrected chi connectivity index (χ2v) is 7.03. The maximum absolute atomic E-state index is 3.61. The van der Waals surface area contributed by atoms with Crippen molar-refractivity contribution in [2.45, 2.75) is 83.8 Å². The second-order valence-electron chi connectivity index (χ2n) is 7.03. The fourth-order valence-electron chi connectivity index (χ4n) is 4.44. The van der Waals surface area contributed by atoms with Crippen LogP contribution in [0.4, 0.5) is 0 Å². The Kier molecular flexibility index (Phi) is 5.70. The van der Waals surface area contributed by atoms with Crippen LogP contribution in [0.3, 0.4) is 0 Å². The summed E-state index contributed by atoms with van der Waals surface area (Å²) in [7, 11) is 2.16. The fraction of sp³-hybridized carbons (Fsp3) is 1.00. The Balaban J connectivity index is 2.04. The average Bonchev–Trinajstić information content (AvgIpc) is 2.42. The number of rotatable bonds is 4. The lowest BCUT2D eigenvalue weighted by atomic mass is 9.77. The molecule has 0 aromatic carbocycles. The van der Waals surface area contributed by atoms with Crippen molar-refractivity contribution in [3.63, 3.8) is 0 Å². The van der Waals surface area contributed by atoms with E-state index < -0.39 is 0 Å². The minimum Gasteiger partial charge on any atom is -0.315 e. The minimum atomic E-state index is 0.723. The van der Waals surface area contributed by atoms with Gasteiger partial charge in [0.1, 0.15) is 0 Å². The Labute approximate surface area is 120 Å². The predicted octanol–water partition coefficient (Wildman–Crippen LogP) is 3.66. The van der Waals surface area contributed by atoms with E-state index in [0.717, 1.165) is 30.0 Å². The van der Waals surface area contributed by atoms with E-state index in [1.807, 2.05) is 0 Å². The van der Waals surface area contributed by atoms with Gasteiger partial charge in [-0.25, -0.2) is 0 Å². The van der Waals surface area contributed by atoms with Crippen molar-refractivity contribution in [3.8, 4) is 0 Å². The molecule has 2 aliphatic rings. The van der Waals surface area contributed by atoms with Gasteiger partial charge in [-0.2, -0.15) is 0 Å². The van der Waals surface area contributed by atoms with Gasteiger partial charge in [0.05, 0.1) is 0 Å². The quantitative estimate of drug-likeness (QED) is 0.835. The van der Waals surface area contributed by atoms with Crippen molar-refractivity contribution in [2.75, 3.05) is 13.6 Å². The van der Waals surface area contributed by atoms with E-state index in [4.69, 9.17) is 0 Å². The molecule has 2 fully saturated rings. The van der Waals surface area contributed by atoms with Gasteiger partial charge in [0.2, 0.25) is 0 Å². The van der Waals surface area contributed by atoms with Gasteiger partial charge in [0, 0.05) is 18.1 Å². The first-order chi connectivity index (χ1) is 9.17. The summed E-state index contributed by atoms with van der Waals surface area (Å²) >= 11 is 0. The molecule has 0 spiro atoms. The zero-order valence-electron chi connectivity index (χ0n) is 13.5. The molecule has 0 radical (unpaired) electrons. The van der Waals surface area contributed by atoms with Crippen LogP contribution in [0.5, 0.6) is 0 Å². The number of likely N-dealkylation sites (N-methyl/N-ethyl adjacent to an activating group) is 1. The van der Waals surface area contributed by atoms with Gasteiger partial charge in [-0.15, -0.1) is 0 Å². The predicted molar refractivity (Wildman–Crippen MR) is 83.5 cm³/mol. The van der Waals surface area contributed by atoms with E-state index in [1.165, 1.54) is 51.5 Å². The lowest BCUT2D eigenvalue weighted by Crippen LogP contribution is -2.57. The van der Waals surface area contributed by atoms with Crippen LogP contribution in [0, 0.1) is 11.8 Å². The molecule has 0 aromatic rings. The van der Waals surface area contributed by atoms with E-state index in [2.05, 4.69) is 38.0 Å². The molecular formula is C17H34N2. The van der Waals surface area contributed by atoms with Gasteiger partial charge in [-0.05, 0) is 64.5 Å². The molecule has 5 atom stereocenters. The van der Waals surface area contributed by atoms with Gasteiger partial charge in [-0.3, -0.25) is 4.90 Å². The monoisotopic (exact) mass is 266 g/mol. The van der Waals surface area contributed by atoms with Crippen LogP contribution < -0.4 is 5.32 Å². The Hall–Kier alpha value is -0.0800.